The van der Waals surface area contributed by atoms with E-state index in [1.807, 2.05) is 43.0 Å². The molecule has 0 aliphatic carbocycles. The van der Waals surface area contributed by atoms with Crippen molar-refractivity contribution in [3.05, 3.63) is 59.5 Å². The van der Waals surface area contributed by atoms with Crippen molar-refractivity contribution in [2.45, 2.75) is 32.7 Å². The van der Waals surface area contributed by atoms with E-state index in [1.165, 1.54) is 0 Å². The van der Waals surface area contributed by atoms with Crippen LogP contribution in [0.4, 0.5) is 0 Å². The molecule has 1 amide bonds. The Morgan fingerprint density at radius 1 is 1.32 bits per heavy atom. The molecular formula is C18H20N2O2. The lowest BCUT2D eigenvalue weighted by Gasteiger charge is -2.28. The second-order valence-corrected chi connectivity index (χ2v) is 5.17. The van der Waals surface area contributed by atoms with Crippen molar-refractivity contribution >= 4 is 5.91 Å². The van der Waals surface area contributed by atoms with Gasteiger partial charge in [0, 0.05) is 19.4 Å². The molecule has 1 atom stereocenters. The summed E-state index contributed by atoms with van der Waals surface area (Å²) >= 11 is 0. The van der Waals surface area contributed by atoms with Gasteiger partial charge in [-0.05, 0) is 43.7 Å². The van der Waals surface area contributed by atoms with Crippen LogP contribution in [0, 0.1) is 11.3 Å². The van der Waals surface area contributed by atoms with Crippen molar-refractivity contribution in [2.75, 3.05) is 6.54 Å². The van der Waals surface area contributed by atoms with Crippen LogP contribution < -0.4 is 0 Å². The summed E-state index contributed by atoms with van der Waals surface area (Å²) in [4.78, 5) is 14.3. The third kappa shape index (κ3) is 3.76. The Balaban J connectivity index is 2.02. The van der Waals surface area contributed by atoms with Gasteiger partial charge in [-0.25, -0.2) is 0 Å². The van der Waals surface area contributed by atoms with Gasteiger partial charge in [0.1, 0.15) is 5.76 Å². The lowest BCUT2D eigenvalue weighted by Crippen LogP contribution is -2.33. The van der Waals surface area contributed by atoms with Gasteiger partial charge in [0.25, 0.3) is 0 Å². The summed E-state index contributed by atoms with van der Waals surface area (Å²) < 4.78 is 5.27. The molecule has 1 heterocycles. The van der Waals surface area contributed by atoms with Crippen LogP contribution in [0.5, 0.6) is 0 Å². The average molecular weight is 296 g/mol. The first kappa shape index (κ1) is 15.8. The smallest absolute Gasteiger partial charge is 0.223 e. The van der Waals surface area contributed by atoms with Gasteiger partial charge in [-0.15, -0.1) is 0 Å². The van der Waals surface area contributed by atoms with Gasteiger partial charge in [-0.1, -0.05) is 12.1 Å². The quantitative estimate of drug-likeness (QED) is 0.816. The van der Waals surface area contributed by atoms with Gasteiger partial charge in [0.05, 0.1) is 23.9 Å². The third-order valence-electron chi connectivity index (χ3n) is 3.82. The minimum absolute atomic E-state index is 0.0122. The Bertz CT molecular complexity index is 639. The predicted octanol–water partition coefficient (Wildman–Crippen LogP) is 3.69. The maximum Gasteiger partial charge on any atom is 0.223 e. The van der Waals surface area contributed by atoms with E-state index in [0.29, 0.717) is 24.9 Å². The number of benzene rings is 1. The number of nitriles is 1. The maximum atomic E-state index is 12.4. The minimum atomic E-state index is -0.0122. The first-order valence-corrected chi connectivity index (χ1v) is 7.47. The SMILES string of the molecule is CCN(C(=O)CCc1ccco1)C(C)c1ccc(C#N)cc1. The fourth-order valence-electron chi connectivity index (χ4n) is 2.51. The molecule has 4 heteroatoms. The molecule has 0 N–H and O–H groups in total. The number of aryl methyl sites for hydroxylation is 1. The number of hydrogen-bond acceptors (Lipinski definition) is 3. The van der Waals surface area contributed by atoms with Crippen LogP contribution in [-0.2, 0) is 11.2 Å². The molecule has 0 saturated heterocycles. The largest absolute Gasteiger partial charge is 0.469 e. The molecule has 2 rings (SSSR count). The minimum Gasteiger partial charge on any atom is -0.469 e. The number of rotatable bonds is 6. The van der Waals surface area contributed by atoms with Gasteiger partial charge in [-0.3, -0.25) is 4.79 Å². The van der Waals surface area contributed by atoms with E-state index in [-0.39, 0.29) is 11.9 Å². The summed E-state index contributed by atoms with van der Waals surface area (Å²) in [7, 11) is 0. The topological polar surface area (TPSA) is 57.2 Å². The molecule has 0 radical (unpaired) electrons. The van der Waals surface area contributed by atoms with Gasteiger partial charge >= 0.3 is 0 Å². The molecule has 4 nitrogen and oxygen atoms in total. The van der Waals surface area contributed by atoms with Crippen molar-refractivity contribution in [3.8, 4) is 6.07 Å². The Morgan fingerprint density at radius 2 is 2.05 bits per heavy atom. The number of amides is 1. The van der Waals surface area contributed by atoms with E-state index in [2.05, 4.69) is 6.07 Å². The molecule has 1 aromatic carbocycles. The molecule has 22 heavy (non-hydrogen) atoms. The molecule has 0 aliphatic rings. The highest BCUT2D eigenvalue weighted by atomic mass is 16.3. The van der Waals surface area contributed by atoms with Crippen molar-refractivity contribution in [2.24, 2.45) is 0 Å². The van der Waals surface area contributed by atoms with Crippen molar-refractivity contribution < 1.29 is 9.21 Å². The molecule has 2 aromatic rings. The Hall–Kier alpha value is -2.54. The molecule has 0 bridgehead atoms. The summed E-state index contributed by atoms with van der Waals surface area (Å²) in [6.07, 6.45) is 2.67. The molecule has 1 unspecified atom stereocenters. The average Bonchev–Trinajstić information content (AvgIpc) is 3.07. The standard InChI is InChI=1S/C18H20N2O2/c1-3-20(18(21)11-10-17-5-4-12-22-17)14(2)16-8-6-15(13-19)7-9-16/h4-9,12,14H,3,10-11H2,1-2H3. The number of furan rings is 1. The molecule has 114 valence electrons. The fraction of sp³-hybridized carbons (Fsp3) is 0.333. The van der Waals surface area contributed by atoms with Crippen LogP contribution in [0.2, 0.25) is 0 Å². The molecule has 0 spiro atoms. The Labute approximate surface area is 131 Å². The molecule has 0 saturated carbocycles. The number of carbonyl (C=O) groups is 1. The summed E-state index contributed by atoms with van der Waals surface area (Å²) in [5.41, 5.74) is 1.66. The van der Waals surface area contributed by atoms with Crippen LogP contribution in [-0.4, -0.2) is 17.4 Å². The van der Waals surface area contributed by atoms with Crippen LogP contribution in [0.15, 0.2) is 47.1 Å². The number of carbonyl (C=O) groups excluding carboxylic acids is 1. The predicted molar refractivity (Wildman–Crippen MR) is 84.0 cm³/mol. The summed E-state index contributed by atoms with van der Waals surface area (Å²) in [6, 6.07) is 13.2. The highest BCUT2D eigenvalue weighted by Gasteiger charge is 2.19. The van der Waals surface area contributed by atoms with Gasteiger partial charge in [0.2, 0.25) is 5.91 Å². The lowest BCUT2D eigenvalue weighted by atomic mass is 10.0. The summed E-state index contributed by atoms with van der Waals surface area (Å²) in [5, 5.41) is 8.85. The highest BCUT2D eigenvalue weighted by Crippen LogP contribution is 2.21. The van der Waals surface area contributed by atoms with Crippen molar-refractivity contribution in [3.63, 3.8) is 0 Å². The second kappa shape index (κ2) is 7.46. The van der Waals surface area contributed by atoms with E-state index in [0.717, 1.165) is 11.3 Å². The Morgan fingerprint density at radius 3 is 2.59 bits per heavy atom. The fourth-order valence-corrected chi connectivity index (χ4v) is 2.51. The summed E-state index contributed by atoms with van der Waals surface area (Å²) in [5.74, 6) is 0.936. The van der Waals surface area contributed by atoms with Crippen LogP contribution in [0.25, 0.3) is 0 Å². The van der Waals surface area contributed by atoms with E-state index < -0.39 is 0 Å². The molecular weight excluding hydrogens is 276 g/mol. The maximum absolute atomic E-state index is 12.4. The normalized spacial score (nSPS) is 11.7. The van der Waals surface area contributed by atoms with Gasteiger partial charge < -0.3 is 9.32 Å². The van der Waals surface area contributed by atoms with Gasteiger partial charge in [-0.2, -0.15) is 5.26 Å². The van der Waals surface area contributed by atoms with Gasteiger partial charge in [0.15, 0.2) is 0 Å². The zero-order valence-electron chi connectivity index (χ0n) is 13.0. The number of hydrogen-bond donors (Lipinski definition) is 0. The van der Waals surface area contributed by atoms with Crippen LogP contribution in [0.1, 0.15) is 43.2 Å². The second-order valence-electron chi connectivity index (χ2n) is 5.17. The molecule has 0 aliphatic heterocycles. The van der Waals surface area contributed by atoms with Crippen molar-refractivity contribution in [1.29, 1.82) is 5.26 Å². The third-order valence-corrected chi connectivity index (χ3v) is 3.82. The molecule has 1 aromatic heterocycles. The zero-order chi connectivity index (χ0) is 15.9. The monoisotopic (exact) mass is 296 g/mol. The zero-order valence-corrected chi connectivity index (χ0v) is 13.0. The molecule has 0 fully saturated rings. The summed E-state index contributed by atoms with van der Waals surface area (Å²) in [6.45, 7) is 4.64. The van der Waals surface area contributed by atoms with E-state index in [4.69, 9.17) is 9.68 Å². The van der Waals surface area contributed by atoms with E-state index in [1.54, 1.807) is 18.4 Å². The Kier molecular flexibility index (Phi) is 5.37. The van der Waals surface area contributed by atoms with Crippen molar-refractivity contribution in [1.82, 2.24) is 4.90 Å². The van der Waals surface area contributed by atoms with E-state index >= 15 is 0 Å². The van der Waals surface area contributed by atoms with Crippen LogP contribution >= 0.6 is 0 Å². The lowest BCUT2D eigenvalue weighted by molar-refractivity contribution is -0.133. The first-order valence-electron chi connectivity index (χ1n) is 7.47. The first-order chi connectivity index (χ1) is 10.7. The van der Waals surface area contributed by atoms with E-state index in [9.17, 15) is 4.79 Å². The highest BCUT2D eigenvalue weighted by molar-refractivity contribution is 5.76. The van der Waals surface area contributed by atoms with Crippen LogP contribution in [0.3, 0.4) is 0 Å². The number of nitrogens with zero attached hydrogens (tertiary/aromatic N) is 2.